The number of aryl methyl sites for hydroxylation is 2. The lowest BCUT2D eigenvalue weighted by molar-refractivity contribution is 0.287. The van der Waals surface area contributed by atoms with Crippen LogP contribution in [0.2, 0.25) is 0 Å². The highest BCUT2D eigenvalue weighted by molar-refractivity contribution is 5.60. The van der Waals surface area contributed by atoms with Crippen LogP contribution in [0.3, 0.4) is 0 Å². The van der Waals surface area contributed by atoms with E-state index < -0.39 is 0 Å². The number of methoxy groups -OCH3 is 1. The van der Waals surface area contributed by atoms with Crippen LogP contribution < -0.4 is 19.5 Å². The first kappa shape index (κ1) is 20.8. The Bertz CT molecular complexity index is 919. The molecule has 1 atom stereocenters. The van der Waals surface area contributed by atoms with Gasteiger partial charge in [-0.2, -0.15) is 0 Å². The molecule has 1 unspecified atom stereocenters. The molecule has 0 saturated heterocycles. The summed E-state index contributed by atoms with van der Waals surface area (Å²) >= 11 is 0. The van der Waals surface area contributed by atoms with Crippen molar-refractivity contribution in [2.45, 2.75) is 52.0 Å². The molecule has 0 radical (unpaired) electrons. The van der Waals surface area contributed by atoms with E-state index in [1.807, 2.05) is 0 Å². The van der Waals surface area contributed by atoms with Crippen LogP contribution >= 0.6 is 0 Å². The minimum Gasteiger partial charge on any atom is -0.493 e. The van der Waals surface area contributed by atoms with E-state index in [4.69, 9.17) is 14.2 Å². The topological polar surface area (TPSA) is 39.7 Å². The van der Waals surface area contributed by atoms with E-state index >= 15 is 0 Å². The summed E-state index contributed by atoms with van der Waals surface area (Å²) in [6.07, 6.45) is 9.89. The first-order chi connectivity index (χ1) is 14.7. The van der Waals surface area contributed by atoms with Gasteiger partial charge in [-0.1, -0.05) is 25.5 Å². The summed E-state index contributed by atoms with van der Waals surface area (Å²) < 4.78 is 17.4. The summed E-state index contributed by atoms with van der Waals surface area (Å²) in [7, 11) is 1.72. The molecule has 1 N–H and O–H groups in total. The Balaban J connectivity index is 1.58. The smallest absolute Gasteiger partial charge is 0.161 e. The van der Waals surface area contributed by atoms with Gasteiger partial charge in [0.05, 0.1) is 26.4 Å². The van der Waals surface area contributed by atoms with E-state index in [1.165, 1.54) is 27.8 Å². The van der Waals surface area contributed by atoms with E-state index in [0.717, 1.165) is 69.1 Å². The first-order valence-corrected chi connectivity index (χ1v) is 11.2. The van der Waals surface area contributed by atoms with Crippen molar-refractivity contribution in [3.8, 4) is 17.2 Å². The number of hydrogen-bond donors (Lipinski definition) is 1. The van der Waals surface area contributed by atoms with Crippen LogP contribution in [0.1, 0.15) is 60.0 Å². The third-order valence-electron chi connectivity index (χ3n) is 6.04. The van der Waals surface area contributed by atoms with E-state index in [9.17, 15) is 0 Å². The van der Waals surface area contributed by atoms with Crippen molar-refractivity contribution in [3.05, 3.63) is 58.2 Å². The molecule has 0 aliphatic carbocycles. The van der Waals surface area contributed by atoms with E-state index in [2.05, 4.69) is 55.6 Å². The maximum absolute atomic E-state index is 5.99. The van der Waals surface area contributed by atoms with Gasteiger partial charge in [-0.15, -0.1) is 0 Å². The lowest BCUT2D eigenvalue weighted by atomic mass is 9.92. The Kier molecular flexibility index (Phi) is 6.63. The molecule has 2 aliphatic heterocycles. The second-order valence-corrected chi connectivity index (χ2v) is 8.21. The van der Waals surface area contributed by atoms with Gasteiger partial charge in [0, 0.05) is 6.54 Å². The normalized spacial score (nSPS) is 17.9. The Hall–Kier alpha value is -2.46. The molecular weight excluding hydrogens is 374 g/mol. The molecule has 2 aromatic carbocycles. The Labute approximate surface area is 180 Å². The monoisotopic (exact) mass is 407 g/mol. The Morgan fingerprint density at radius 1 is 1.13 bits per heavy atom. The van der Waals surface area contributed by atoms with Gasteiger partial charge in [0.15, 0.2) is 11.5 Å². The fourth-order valence-electron chi connectivity index (χ4n) is 4.27. The molecule has 2 aliphatic rings. The van der Waals surface area contributed by atoms with Crippen molar-refractivity contribution in [3.63, 3.8) is 0 Å². The number of unbranched alkanes of at least 4 members (excludes halogenated alkanes) is 1. The van der Waals surface area contributed by atoms with E-state index in [1.54, 1.807) is 7.11 Å². The number of benzene rings is 2. The highest BCUT2D eigenvalue weighted by atomic mass is 16.5. The summed E-state index contributed by atoms with van der Waals surface area (Å²) in [5.41, 5.74) is 6.45. The van der Waals surface area contributed by atoms with Crippen molar-refractivity contribution in [1.82, 2.24) is 5.32 Å². The molecular formula is C26H33NO3. The molecule has 0 amide bonds. The van der Waals surface area contributed by atoms with Gasteiger partial charge in [-0.3, -0.25) is 0 Å². The molecule has 4 nitrogen and oxygen atoms in total. The molecule has 30 heavy (non-hydrogen) atoms. The van der Waals surface area contributed by atoms with E-state index in [0.29, 0.717) is 0 Å². The number of hydrogen-bond acceptors (Lipinski definition) is 4. The standard InChI is InChI=1S/C26H33NO3/c1-4-5-12-30-26-16-20-10-11-27-23(22(20)17-25(26)28-3)9-8-19-15-21-7-6-13-29-24(21)14-18(19)2/h8-9,14-17,23,27H,4-7,10-13H2,1-3H3/b9-8+. The number of fused-ring (bicyclic) bond motifs is 2. The molecule has 4 heteroatoms. The molecule has 0 saturated carbocycles. The van der Waals surface area contributed by atoms with Crippen LogP contribution in [-0.2, 0) is 12.8 Å². The predicted molar refractivity (Wildman–Crippen MR) is 122 cm³/mol. The molecule has 0 fully saturated rings. The van der Waals surface area contributed by atoms with Gasteiger partial charge in [0.1, 0.15) is 5.75 Å². The summed E-state index contributed by atoms with van der Waals surface area (Å²) in [5.74, 6) is 2.73. The second-order valence-electron chi connectivity index (χ2n) is 8.21. The zero-order valence-electron chi connectivity index (χ0n) is 18.4. The summed E-state index contributed by atoms with van der Waals surface area (Å²) in [6, 6.07) is 8.95. The van der Waals surface area contributed by atoms with Crippen LogP contribution in [0.4, 0.5) is 0 Å². The van der Waals surface area contributed by atoms with Gasteiger partial charge in [0.2, 0.25) is 0 Å². The van der Waals surface area contributed by atoms with Crippen LogP contribution in [0.5, 0.6) is 17.2 Å². The van der Waals surface area contributed by atoms with Crippen molar-refractivity contribution >= 4 is 6.08 Å². The zero-order chi connectivity index (χ0) is 20.9. The SMILES string of the molecule is CCCCOc1cc2c(cc1OC)C(/C=C/c1cc3c(cc1C)OCCC3)NCC2. The zero-order valence-corrected chi connectivity index (χ0v) is 18.4. The first-order valence-electron chi connectivity index (χ1n) is 11.2. The Morgan fingerprint density at radius 2 is 2.03 bits per heavy atom. The van der Waals surface area contributed by atoms with Crippen molar-refractivity contribution in [2.24, 2.45) is 0 Å². The molecule has 4 rings (SSSR count). The lowest BCUT2D eigenvalue weighted by Crippen LogP contribution is -2.28. The maximum Gasteiger partial charge on any atom is 0.161 e. The lowest BCUT2D eigenvalue weighted by Gasteiger charge is -2.26. The quantitative estimate of drug-likeness (QED) is 0.623. The van der Waals surface area contributed by atoms with E-state index in [-0.39, 0.29) is 6.04 Å². The molecule has 2 heterocycles. The highest BCUT2D eigenvalue weighted by Gasteiger charge is 2.21. The Morgan fingerprint density at radius 3 is 2.87 bits per heavy atom. The average molecular weight is 408 g/mol. The number of nitrogens with one attached hydrogen (secondary N) is 1. The third-order valence-corrected chi connectivity index (χ3v) is 6.04. The molecule has 0 bridgehead atoms. The van der Waals surface area contributed by atoms with Crippen LogP contribution in [0.25, 0.3) is 6.08 Å². The molecule has 0 spiro atoms. The fraction of sp³-hybridized carbons (Fsp3) is 0.462. The van der Waals surface area contributed by atoms with Gasteiger partial charge in [-0.05, 0) is 84.7 Å². The van der Waals surface area contributed by atoms with Crippen LogP contribution in [0.15, 0.2) is 30.3 Å². The predicted octanol–water partition coefficient (Wildman–Crippen LogP) is 5.41. The van der Waals surface area contributed by atoms with Gasteiger partial charge < -0.3 is 19.5 Å². The number of rotatable bonds is 7. The van der Waals surface area contributed by atoms with Crippen molar-refractivity contribution in [2.75, 3.05) is 26.9 Å². The second kappa shape index (κ2) is 9.57. The largest absolute Gasteiger partial charge is 0.493 e. The van der Waals surface area contributed by atoms with Gasteiger partial charge in [-0.25, -0.2) is 0 Å². The molecule has 0 aromatic heterocycles. The highest BCUT2D eigenvalue weighted by Crippen LogP contribution is 2.36. The summed E-state index contributed by atoms with van der Waals surface area (Å²) in [4.78, 5) is 0. The average Bonchev–Trinajstić information content (AvgIpc) is 2.77. The van der Waals surface area contributed by atoms with Crippen LogP contribution in [0, 0.1) is 6.92 Å². The third kappa shape index (κ3) is 4.49. The summed E-state index contributed by atoms with van der Waals surface area (Å²) in [5, 5.41) is 3.64. The number of ether oxygens (including phenoxy) is 3. The molecule has 160 valence electrons. The maximum atomic E-state index is 5.99. The molecule has 2 aromatic rings. The van der Waals surface area contributed by atoms with Crippen molar-refractivity contribution in [1.29, 1.82) is 0 Å². The fourth-order valence-corrected chi connectivity index (χ4v) is 4.27. The minimum atomic E-state index is 0.166. The van der Waals surface area contributed by atoms with Crippen molar-refractivity contribution < 1.29 is 14.2 Å². The van der Waals surface area contributed by atoms with Crippen LogP contribution in [-0.4, -0.2) is 26.9 Å². The van der Waals surface area contributed by atoms with Gasteiger partial charge >= 0.3 is 0 Å². The minimum absolute atomic E-state index is 0.166. The summed E-state index contributed by atoms with van der Waals surface area (Å²) in [6.45, 7) is 6.85. The van der Waals surface area contributed by atoms with Gasteiger partial charge in [0.25, 0.3) is 0 Å².